The summed E-state index contributed by atoms with van der Waals surface area (Å²) in [4.78, 5) is 25.1. The second-order valence-electron chi connectivity index (χ2n) is 7.10. The van der Waals surface area contributed by atoms with Gasteiger partial charge >= 0.3 is 0 Å². The lowest BCUT2D eigenvalue weighted by atomic mass is 10.1. The highest BCUT2D eigenvalue weighted by atomic mass is 35.5. The van der Waals surface area contributed by atoms with Crippen LogP contribution in [0.2, 0.25) is 5.02 Å². The van der Waals surface area contributed by atoms with Gasteiger partial charge < -0.3 is 10.6 Å². The van der Waals surface area contributed by atoms with Crippen LogP contribution in [0.5, 0.6) is 0 Å². The number of sulfonamides is 1. The van der Waals surface area contributed by atoms with Crippen molar-refractivity contribution in [2.24, 2.45) is 5.14 Å². The summed E-state index contributed by atoms with van der Waals surface area (Å²) in [6.07, 6.45) is -0.0880. The highest BCUT2D eigenvalue weighted by Gasteiger charge is 2.34. The summed E-state index contributed by atoms with van der Waals surface area (Å²) in [5.74, 6) is -0.307. The van der Waals surface area contributed by atoms with Gasteiger partial charge in [-0.25, -0.2) is 18.2 Å². The fourth-order valence-electron chi connectivity index (χ4n) is 3.38. The molecule has 2 amide bonds. The van der Waals surface area contributed by atoms with Gasteiger partial charge in [-0.05, 0) is 43.3 Å². The molecule has 0 unspecified atom stereocenters. The topological polar surface area (TPSA) is 136 Å². The van der Waals surface area contributed by atoms with E-state index in [4.69, 9.17) is 16.7 Å². The zero-order valence-corrected chi connectivity index (χ0v) is 17.9. The lowest BCUT2D eigenvalue weighted by molar-refractivity contribution is -0.125. The van der Waals surface area contributed by atoms with Gasteiger partial charge in [-0.3, -0.25) is 9.59 Å². The molecule has 1 aromatic heterocycles. The number of primary sulfonamides is 1. The zero-order valence-electron chi connectivity index (χ0n) is 16.3. The average molecular weight is 460 g/mol. The summed E-state index contributed by atoms with van der Waals surface area (Å²) in [7, 11) is -3.83. The molecule has 0 radical (unpaired) electrons. The van der Waals surface area contributed by atoms with Gasteiger partial charge in [0.25, 0.3) is 0 Å². The molecule has 0 spiro atoms. The quantitative estimate of drug-likeness (QED) is 0.551. The van der Waals surface area contributed by atoms with Crippen LogP contribution in [0.3, 0.4) is 0 Å². The highest BCUT2D eigenvalue weighted by Crippen LogP contribution is 2.34. The van der Waals surface area contributed by atoms with E-state index in [9.17, 15) is 18.0 Å². The first-order valence-electron chi connectivity index (χ1n) is 9.22. The Bertz CT molecular complexity index is 1280. The van der Waals surface area contributed by atoms with Gasteiger partial charge in [-0.1, -0.05) is 23.7 Å². The Morgan fingerprint density at radius 2 is 1.84 bits per heavy atom. The molecule has 1 atom stereocenters. The van der Waals surface area contributed by atoms with E-state index in [1.54, 1.807) is 12.1 Å². The third-order valence-electron chi connectivity index (χ3n) is 4.95. The van der Waals surface area contributed by atoms with Gasteiger partial charge in [0.2, 0.25) is 21.8 Å². The Hall–Kier alpha value is -3.21. The predicted octanol–water partition coefficient (Wildman–Crippen LogP) is 2.68. The Balaban J connectivity index is 1.64. The first-order valence-corrected chi connectivity index (χ1v) is 11.1. The minimum atomic E-state index is -3.83. The van der Waals surface area contributed by atoms with Crippen molar-refractivity contribution in [3.8, 4) is 11.3 Å². The van der Waals surface area contributed by atoms with Gasteiger partial charge in [-0.2, -0.15) is 5.10 Å². The number of nitrogens with one attached hydrogen (secondary N) is 2. The van der Waals surface area contributed by atoms with Crippen molar-refractivity contribution < 1.29 is 18.0 Å². The summed E-state index contributed by atoms with van der Waals surface area (Å²) >= 11 is 5.96. The fourth-order valence-corrected chi connectivity index (χ4v) is 4.02. The third kappa shape index (κ3) is 4.18. The minimum absolute atomic E-state index is 0.0693. The number of fused-ring (bicyclic) bond motifs is 1. The van der Waals surface area contributed by atoms with Crippen molar-refractivity contribution in [3.63, 3.8) is 0 Å². The molecule has 0 bridgehead atoms. The summed E-state index contributed by atoms with van der Waals surface area (Å²) in [5, 5.41) is 15.7. The molecule has 1 aliphatic heterocycles. The minimum Gasteiger partial charge on any atom is -0.324 e. The number of aromatic nitrogens is 2. The van der Waals surface area contributed by atoms with Crippen LogP contribution in [0.25, 0.3) is 11.3 Å². The molecule has 0 aliphatic carbocycles. The molecule has 160 valence electrons. The van der Waals surface area contributed by atoms with Crippen molar-refractivity contribution in [3.05, 3.63) is 59.1 Å². The second kappa shape index (κ2) is 7.80. The smallest absolute Gasteiger partial charge is 0.249 e. The summed E-state index contributed by atoms with van der Waals surface area (Å²) in [6.45, 7) is 1.81. The van der Waals surface area contributed by atoms with Crippen LogP contribution in [0.15, 0.2) is 53.4 Å². The molecule has 31 heavy (non-hydrogen) atoms. The Labute approximate surface area is 183 Å². The van der Waals surface area contributed by atoms with E-state index in [0.29, 0.717) is 22.2 Å². The second-order valence-corrected chi connectivity index (χ2v) is 9.10. The fraction of sp³-hybridized carbons (Fsp3) is 0.150. The number of rotatable bonds is 4. The first-order chi connectivity index (χ1) is 14.6. The van der Waals surface area contributed by atoms with Crippen LogP contribution in [0.1, 0.15) is 18.0 Å². The van der Waals surface area contributed by atoms with Crippen LogP contribution in [0.4, 0.5) is 11.5 Å². The molecular formula is C20H18ClN5O4S. The average Bonchev–Trinajstić information content (AvgIpc) is 3.04. The highest BCUT2D eigenvalue weighted by molar-refractivity contribution is 7.89. The van der Waals surface area contributed by atoms with Crippen molar-refractivity contribution in [2.45, 2.75) is 24.3 Å². The zero-order chi connectivity index (χ0) is 22.3. The van der Waals surface area contributed by atoms with Crippen LogP contribution < -0.4 is 15.8 Å². The predicted molar refractivity (Wildman–Crippen MR) is 116 cm³/mol. The van der Waals surface area contributed by atoms with Crippen molar-refractivity contribution in [1.29, 1.82) is 0 Å². The van der Waals surface area contributed by atoms with E-state index in [2.05, 4.69) is 15.7 Å². The van der Waals surface area contributed by atoms with E-state index in [1.807, 2.05) is 19.1 Å². The van der Waals surface area contributed by atoms with E-state index in [-0.39, 0.29) is 17.2 Å². The Morgan fingerprint density at radius 3 is 2.45 bits per heavy atom. The van der Waals surface area contributed by atoms with Gasteiger partial charge in [-0.15, -0.1) is 0 Å². The standard InChI is InChI=1S/C20H18ClN5O4S/c1-11-18(12-2-4-13(21)5-3-12)25-26-16(10-17(27)24-19(11)26)20(28)23-14-6-8-15(9-7-14)31(22,29)30/h2-9,16H,10H2,1H3,(H,23,28)(H,24,27)(H2,22,29,30)/t16-/m1/s1. The van der Waals surface area contributed by atoms with Crippen molar-refractivity contribution >= 4 is 44.9 Å². The number of nitrogens with two attached hydrogens (primary N) is 1. The van der Waals surface area contributed by atoms with Gasteiger partial charge in [0.15, 0.2) is 0 Å². The number of anilines is 2. The number of carbonyl (C=O) groups excluding carboxylic acids is 2. The molecule has 2 aromatic carbocycles. The largest absolute Gasteiger partial charge is 0.324 e. The summed E-state index contributed by atoms with van der Waals surface area (Å²) < 4.78 is 24.3. The summed E-state index contributed by atoms with van der Waals surface area (Å²) in [5.41, 5.74) is 2.53. The van der Waals surface area contributed by atoms with Crippen LogP contribution >= 0.6 is 11.6 Å². The lowest BCUT2D eigenvalue weighted by Gasteiger charge is -2.24. The lowest BCUT2D eigenvalue weighted by Crippen LogP contribution is -2.35. The SMILES string of the molecule is Cc1c(-c2ccc(Cl)cc2)nn2c1NC(=O)C[C@@H]2C(=O)Nc1ccc(S(N)(=O)=O)cc1. The molecular weight excluding hydrogens is 442 g/mol. The van der Waals surface area contributed by atoms with E-state index in [0.717, 1.165) is 11.1 Å². The molecule has 1 aliphatic rings. The molecule has 4 rings (SSSR count). The molecule has 0 saturated carbocycles. The van der Waals surface area contributed by atoms with E-state index >= 15 is 0 Å². The number of hydrogen-bond acceptors (Lipinski definition) is 5. The van der Waals surface area contributed by atoms with E-state index in [1.165, 1.54) is 28.9 Å². The number of carbonyl (C=O) groups is 2. The van der Waals surface area contributed by atoms with Crippen LogP contribution in [0, 0.1) is 6.92 Å². The van der Waals surface area contributed by atoms with Gasteiger partial charge in [0.05, 0.1) is 17.0 Å². The van der Waals surface area contributed by atoms with E-state index < -0.39 is 22.0 Å². The maximum atomic E-state index is 12.9. The normalized spacial score (nSPS) is 15.8. The molecule has 2 heterocycles. The number of benzene rings is 2. The maximum Gasteiger partial charge on any atom is 0.249 e. The summed E-state index contributed by atoms with van der Waals surface area (Å²) in [6, 6.07) is 11.7. The molecule has 4 N–H and O–H groups in total. The Kier molecular flexibility index (Phi) is 5.29. The number of nitrogens with zero attached hydrogens (tertiary/aromatic N) is 2. The van der Waals surface area contributed by atoms with Crippen molar-refractivity contribution in [2.75, 3.05) is 10.6 Å². The number of halogens is 1. The van der Waals surface area contributed by atoms with Crippen molar-refractivity contribution in [1.82, 2.24) is 9.78 Å². The molecule has 11 heteroatoms. The first kappa shape index (κ1) is 21.0. The molecule has 0 saturated heterocycles. The van der Waals surface area contributed by atoms with Crippen LogP contribution in [-0.4, -0.2) is 30.0 Å². The molecule has 3 aromatic rings. The molecule has 9 nitrogen and oxygen atoms in total. The van der Waals surface area contributed by atoms with Gasteiger partial charge in [0, 0.05) is 21.8 Å². The molecule has 0 fully saturated rings. The maximum absolute atomic E-state index is 12.9. The van der Waals surface area contributed by atoms with Gasteiger partial charge in [0.1, 0.15) is 11.9 Å². The third-order valence-corrected chi connectivity index (χ3v) is 6.13. The Morgan fingerprint density at radius 1 is 1.19 bits per heavy atom. The monoisotopic (exact) mass is 459 g/mol. The number of amides is 2. The van der Waals surface area contributed by atoms with Crippen LogP contribution in [-0.2, 0) is 19.6 Å². The number of hydrogen-bond donors (Lipinski definition) is 3.